The summed E-state index contributed by atoms with van der Waals surface area (Å²) < 4.78 is 5.24. The van der Waals surface area contributed by atoms with Crippen LogP contribution in [-0.4, -0.2) is 35.7 Å². The highest BCUT2D eigenvalue weighted by molar-refractivity contribution is 5.86. The number of rotatable bonds is 9. The van der Waals surface area contributed by atoms with Crippen LogP contribution in [0.15, 0.2) is 24.8 Å². The number of allylic oxidation sites excluding steroid dienone is 1. The molecule has 0 aromatic heterocycles. The molecule has 5 nitrogen and oxygen atoms in total. The van der Waals surface area contributed by atoms with Gasteiger partial charge in [0.2, 0.25) is 5.91 Å². The summed E-state index contributed by atoms with van der Waals surface area (Å²) in [5, 5.41) is 11.4. The normalized spacial score (nSPS) is 14.1. The third kappa shape index (κ3) is 6.85. The van der Waals surface area contributed by atoms with Gasteiger partial charge in [-0.1, -0.05) is 18.2 Å². The quantitative estimate of drug-likeness (QED) is 0.483. The Labute approximate surface area is 108 Å². The van der Waals surface area contributed by atoms with Gasteiger partial charge >= 0.3 is 5.97 Å². The molecule has 0 saturated carbocycles. The van der Waals surface area contributed by atoms with Crippen molar-refractivity contribution >= 4 is 11.9 Å². The predicted octanol–water partition coefficient (Wildman–Crippen LogP) is 1.50. The third-order valence-electron chi connectivity index (χ3n) is 2.28. The molecule has 0 aromatic carbocycles. The fraction of sp³-hybridized carbons (Fsp3) is 0.538. The van der Waals surface area contributed by atoms with Crippen molar-refractivity contribution in [2.24, 2.45) is 0 Å². The fourth-order valence-corrected chi connectivity index (χ4v) is 1.19. The highest BCUT2D eigenvalue weighted by atomic mass is 16.5. The molecule has 1 amide bonds. The summed E-state index contributed by atoms with van der Waals surface area (Å²) in [7, 11) is 0. The molecule has 0 aliphatic rings. The number of carbonyl (C=O) groups is 2. The molecule has 0 radical (unpaired) electrons. The van der Waals surface area contributed by atoms with Gasteiger partial charge in [-0.25, -0.2) is 4.79 Å². The Hall–Kier alpha value is -1.62. The zero-order valence-corrected chi connectivity index (χ0v) is 10.9. The molecule has 2 unspecified atom stereocenters. The van der Waals surface area contributed by atoms with Gasteiger partial charge in [-0.15, -0.1) is 6.58 Å². The number of nitrogens with one attached hydrogen (secondary N) is 1. The summed E-state index contributed by atoms with van der Waals surface area (Å²) >= 11 is 0. The second-order valence-corrected chi connectivity index (χ2v) is 3.79. The lowest BCUT2D eigenvalue weighted by atomic mass is 10.2. The van der Waals surface area contributed by atoms with Crippen molar-refractivity contribution in [1.82, 2.24) is 5.32 Å². The first kappa shape index (κ1) is 16.4. The summed E-state index contributed by atoms with van der Waals surface area (Å²) in [6, 6.07) is -0.917. The topological polar surface area (TPSA) is 75.6 Å². The Kier molecular flexibility index (Phi) is 8.57. The monoisotopic (exact) mass is 255 g/mol. The highest BCUT2D eigenvalue weighted by Gasteiger charge is 2.21. The van der Waals surface area contributed by atoms with Gasteiger partial charge in [-0.3, -0.25) is 4.79 Å². The Bertz CT molecular complexity index is 312. The van der Waals surface area contributed by atoms with Crippen LogP contribution < -0.4 is 5.32 Å². The summed E-state index contributed by atoms with van der Waals surface area (Å²) in [5.41, 5.74) is 0. The molecule has 0 saturated heterocycles. The molecule has 5 heteroatoms. The molecule has 18 heavy (non-hydrogen) atoms. The van der Waals surface area contributed by atoms with Gasteiger partial charge in [0.15, 0.2) is 0 Å². The fourth-order valence-electron chi connectivity index (χ4n) is 1.19. The molecule has 0 bridgehead atoms. The lowest BCUT2D eigenvalue weighted by Gasteiger charge is -2.17. The van der Waals surface area contributed by atoms with E-state index in [1.807, 2.05) is 0 Å². The van der Waals surface area contributed by atoms with Crippen LogP contribution >= 0.6 is 0 Å². The Morgan fingerprint density at radius 2 is 2.17 bits per heavy atom. The minimum Gasteiger partial charge on any atom is -0.480 e. The number of hydrogen-bond donors (Lipinski definition) is 2. The molecule has 2 N–H and O–H groups in total. The molecule has 0 rings (SSSR count). The molecule has 102 valence electrons. The van der Waals surface area contributed by atoms with E-state index in [0.29, 0.717) is 13.0 Å². The van der Waals surface area contributed by atoms with E-state index < -0.39 is 24.0 Å². The number of hydrogen-bond acceptors (Lipinski definition) is 3. The van der Waals surface area contributed by atoms with Crippen LogP contribution in [-0.2, 0) is 14.3 Å². The van der Waals surface area contributed by atoms with Crippen LogP contribution in [0.1, 0.15) is 26.7 Å². The van der Waals surface area contributed by atoms with Gasteiger partial charge in [0, 0.05) is 0 Å². The van der Waals surface area contributed by atoms with E-state index in [4.69, 9.17) is 9.84 Å². The van der Waals surface area contributed by atoms with Gasteiger partial charge in [0.1, 0.15) is 12.1 Å². The molecule has 0 aliphatic heterocycles. The largest absolute Gasteiger partial charge is 0.480 e. The van der Waals surface area contributed by atoms with Crippen molar-refractivity contribution in [1.29, 1.82) is 0 Å². The van der Waals surface area contributed by atoms with Gasteiger partial charge in [0.25, 0.3) is 0 Å². The second-order valence-electron chi connectivity index (χ2n) is 3.79. The number of carboxylic acid groups (broad SMARTS) is 1. The molecule has 0 heterocycles. The van der Waals surface area contributed by atoms with Gasteiger partial charge in [0.05, 0.1) is 6.61 Å². The van der Waals surface area contributed by atoms with Crippen molar-refractivity contribution in [3.63, 3.8) is 0 Å². The number of carbonyl (C=O) groups excluding carboxylic acids is 1. The maximum absolute atomic E-state index is 11.7. The van der Waals surface area contributed by atoms with E-state index in [9.17, 15) is 9.59 Å². The average Bonchev–Trinajstić information content (AvgIpc) is 2.33. The first-order valence-electron chi connectivity index (χ1n) is 5.89. The Morgan fingerprint density at radius 3 is 2.67 bits per heavy atom. The summed E-state index contributed by atoms with van der Waals surface area (Å²) in [4.78, 5) is 22.6. The summed E-state index contributed by atoms with van der Waals surface area (Å²) in [6.07, 6.45) is 5.37. The van der Waals surface area contributed by atoms with Crippen LogP contribution in [0, 0.1) is 0 Å². The van der Waals surface area contributed by atoms with Gasteiger partial charge in [-0.05, 0) is 26.7 Å². The van der Waals surface area contributed by atoms with Crippen molar-refractivity contribution in [2.75, 3.05) is 6.61 Å². The Balaban J connectivity index is 4.22. The van der Waals surface area contributed by atoms with Crippen molar-refractivity contribution in [2.45, 2.75) is 38.8 Å². The molecule has 0 aliphatic carbocycles. The van der Waals surface area contributed by atoms with Crippen molar-refractivity contribution in [3.05, 3.63) is 24.8 Å². The van der Waals surface area contributed by atoms with Crippen molar-refractivity contribution in [3.8, 4) is 0 Å². The third-order valence-corrected chi connectivity index (χ3v) is 2.28. The first-order chi connectivity index (χ1) is 8.52. The minimum atomic E-state index is -1.06. The van der Waals surface area contributed by atoms with E-state index in [0.717, 1.165) is 0 Å². The number of aliphatic carboxylic acids is 1. The Morgan fingerprint density at radius 1 is 1.50 bits per heavy atom. The lowest BCUT2D eigenvalue weighted by Crippen LogP contribution is -2.45. The highest BCUT2D eigenvalue weighted by Crippen LogP contribution is 1.99. The van der Waals surface area contributed by atoms with E-state index >= 15 is 0 Å². The molecule has 0 fully saturated rings. The van der Waals surface area contributed by atoms with E-state index in [1.165, 1.54) is 0 Å². The standard InChI is InChI=1S/C13H21NO4/c1-4-6-8-11(13(16)17)14-12(15)10(3)18-9-7-5-2/h4-6,10-11H,2,7-9H2,1,3H3,(H,14,15)(H,16,17)/b6-4+. The zero-order chi connectivity index (χ0) is 14.0. The summed E-state index contributed by atoms with van der Waals surface area (Å²) in [6.45, 7) is 7.32. The minimum absolute atomic E-state index is 0.261. The number of amides is 1. The van der Waals surface area contributed by atoms with Crippen LogP contribution in [0.2, 0.25) is 0 Å². The summed E-state index contributed by atoms with van der Waals surface area (Å²) in [5.74, 6) is -1.48. The maximum atomic E-state index is 11.7. The predicted molar refractivity (Wildman–Crippen MR) is 69.2 cm³/mol. The van der Waals surface area contributed by atoms with Crippen molar-refractivity contribution < 1.29 is 19.4 Å². The molecule has 0 spiro atoms. The van der Waals surface area contributed by atoms with E-state index in [1.54, 1.807) is 32.1 Å². The molecule has 2 atom stereocenters. The average molecular weight is 255 g/mol. The SMILES string of the molecule is C=CCCOC(C)C(=O)NC(C/C=C/C)C(=O)O. The first-order valence-corrected chi connectivity index (χ1v) is 5.89. The molecular weight excluding hydrogens is 234 g/mol. The zero-order valence-electron chi connectivity index (χ0n) is 10.9. The molecule has 0 aromatic rings. The smallest absolute Gasteiger partial charge is 0.326 e. The van der Waals surface area contributed by atoms with Crippen LogP contribution in [0.25, 0.3) is 0 Å². The van der Waals surface area contributed by atoms with Gasteiger partial charge < -0.3 is 15.2 Å². The van der Waals surface area contributed by atoms with Crippen LogP contribution in [0.3, 0.4) is 0 Å². The van der Waals surface area contributed by atoms with Crippen LogP contribution in [0.5, 0.6) is 0 Å². The number of carboxylic acids is 1. The van der Waals surface area contributed by atoms with E-state index in [2.05, 4.69) is 11.9 Å². The maximum Gasteiger partial charge on any atom is 0.326 e. The number of ether oxygens (including phenoxy) is 1. The van der Waals surface area contributed by atoms with E-state index in [-0.39, 0.29) is 6.42 Å². The lowest BCUT2D eigenvalue weighted by molar-refractivity contribution is -0.143. The second kappa shape index (κ2) is 9.41. The van der Waals surface area contributed by atoms with Gasteiger partial charge in [-0.2, -0.15) is 0 Å². The van der Waals surface area contributed by atoms with Crippen LogP contribution in [0.4, 0.5) is 0 Å². The molecular formula is C13H21NO4.